The highest BCUT2D eigenvalue weighted by Gasteiger charge is 2.44. The van der Waals surface area contributed by atoms with Crippen molar-refractivity contribution in [2.24, 2.45) is 5.41 Å². The fourth-order valence-electron chi connectivity index (χ4n) is 2.86. The Morgan fingerprint density at radius 3 is 2.61 bits per heavy atom. The summed E-state index contributed by atoms with van der Waals surface area (Å²) in [5, 5.41) is 8.79. The van der Waals surface area contributed by atoms with Crippen LogP contribution in [0.5, 0.6) is 0 Å². The quantitative estimate of drug-likeness (QED) is 0.791. The van der Waals surface area contributed by atoms with E-state index in [0.29, 0.717) is 16.2 Å². The third kappa shape index (κ3) is 1.50. The molecule has 0 amide bonds. The van der Waals surface area contributed by atoms with Gasteiger partial charge in [0.1, 0.15) is 0 Å². The van der Waals surface area contributed by atoms with Gasteiger partial charge in [-0.3, -0.25) is 4.40 Å². The zero-order valence-corrected chi connectivity index (χ0v) is 10.8. The zero-order valence-electron chi connectivity index (χ0n) is 10.0. The van der Waals surface area contributed by atoms with Crippen LogP contribution in [0.15, 0.2) is 12.4 Å². The van der Waals surface area contributed by atoms with E-state index in [2.05, 4.69) is 20.1 Å². The van der Waals surface area contributed by atoms with Crippen LogP contribution in [0.25, 0.3) is 5.65 Å². The van der Waals surface area contributed by atoms with E-state index in [-0.39, 0.29) is 0 Å². The van der Waals surface area contributed by atoms with Gasteiger partial charge in [-0.05, 0) is 31.1 Å². The number of rotatable bonds is 1. The Morgan fingerprint density at radius 2 is 1.89 bits per heavy atom. The van der Waals surface area contributed by atoms with Crippen molar-refractivity contribution in [3.05, 3.63) is 17.5 Å². The van der Waals surface area contributed by atoms with Crippen molar-refractivity contribution in [3.63, 3.8) is 0 Å². The monoisotopic (exact) mass is 263 g/mol. The maximum absolute atomic E-state index is 6.01. The Balaban J connectivity index is 1.68. The molecule has 5 nitrogen and oxygen atoms in total. The second-order valence-electron chi connectivity index (χ2n) is 5.40. The van der Waals surface area contributed by atoms with Gasteiger partial charge in [0.2, 0.25) is 5.95 Å². The van der Waals surface area contributed by atoms with E-state index < -0.39 is 0 Å². The highest BCUT2D eigenvalue weighted by molar-refractivity contribution is 6.32. The van der Waals surface area contributed by atoms with Gasteiger partial charge < -0.3 is 4.90 Å². The van der Waals surface area contributed by atoms with Crippen LogP contribution in [0.3, 0.4) is 0 Å². The van der Waals surface area contributed by atoms with Crippen molar-refractivity contribution >= 4 is 23.2 Å². The molecule has 0 N–H and O–H groups in total. The van der Waals surface area contributed by atoms with Crippen LogP contribution < -0.4 is 4.90 Å². The Kier molecular flexibility index (Phi) is 2.09. The first-order valence-corrected chi connectivity index (χ1v) is 6.75. The van der Waals surface area contributed by atoms with Crippen LogP contribution >= 0.6 is 11.6 Å². The van der Waals surface area contributed by atoms with Crippen LogP contribution in [0.2, 0.25) is 5.15 Å². The van der Waals surface area contributed by atoms with Gasteiger partial charge in [0.15, 0.2) is 10.8 Å². The van der Waals surface area contributed by atoms with Crippen LogP contribution in [0.4, 0.5) is 5.95 Å². The first kappa shape index (κ1) is 10.6. The first-order valence-electron chi connectivity index (χ1n) is 6.38. The highest BCUT2D eigenvalue weighted by Crippen LogP contribution is 2.53. The summed E-state index contributed by atoms with van der Waals surface area (Å²) in [6, 6.07) is 0. The minimum Gasteiger partial charge on any atom is -0.341 e. The number of aromatic nitrogens is 4. The normalized spacial score (nSPS) is 21.7. The number of piperidine rings is 1. The van der Waals surface area contributed by atoms with E-state index in [1.165, 1.54) is 25.7 Å². The fourth-order valence-corrected chi connectivity index (χ4v) is 3.04. The van der Waals surface area contributed by atoms with E-state index in [9.17, 15) is 0 Å². The van der Waals surface area contributed by atoms with Gasteiger partial charge in [-0.25, -0.2) is 4.98 Å². The van der Waals surface area contributed by atoms with E-state index in [0.717, 1.165) is 19.0 Å². The van der Waals surface area contributed by atoms with Gasteiger partial charge in [0.05, 0.1) is 0 Å². The predicted molar refractivity (Wildman–Crippen MR) is 68.9 cm³/mol. The van der Waals surface area contributed by atoms with Crippen LogP contribution in [-0.4, -0.2) is 32.7 Å². The van der Waals surface area contributed by atoms with Crippen molar-refractivity contribution in [2.75, 3.05) is 18.0 Å². The zero-order chi connectivity index (χ0) is 12.2. The number of anilines is 1. The summed E-state index contributed by atoms with van der Waals surface area (Å²) in [6.45, 7) is 2.14. The van der Waals surface area contributed by atoms with E-state index in [1.807, 2.05) is 10.6 Å². The standard InChI is InChI=1S/C12H14ClN5/c13-9-10-15-16-11(18(10)8-5-14-9)17-6-3-12(1-2-12)4-7-17/h5,8H,1-4,6-7H2. The summed E-state index contributed by atoms with van der Waals surface area (Å²) < 4.78 is 1.93. The molecule has 3 heterocycles. The summed E-state index contributed by atoms with van der Waals surface area (Å²) >= 11 is 6.01. The lowest BCUT2D eigenvalue weighted by Gasteiger charge is -2.31. The lowest BCUT2D eigenvalue weighted by Crippen LogP contribution is -2.35. The third-order valence-corrected chi connectivity index (χ3v) is 4.60. The van der Waals surface area contributed by atoms with Gasteiger partial charge in [-0.15, -0.1) is 10.2 Å². The van der Waals surface area contributed by atoms with Crippen molar-refractivity contribution in [2.45, 2.75) is 25.7 Å². The van der Waals surface area contributed by atoms with E-state index >= 15 is 0 Å². The lowest BCUT2D eigenvalue weighted by molar-refractivity contribution is 0.381. The van der Waals surface area contributed by atoms with Gasteiger partial charge in [-0.1, -0.05) is 11.6 Å². The molecule has 2 aromatic rings. The van der Waals surface area contributed by atoms with Crippen LogP contribution in [-0.2, 0) is 0 Å². The molecule has 1 spiro atoms. The smallest absolute Gasteiger partial charge is 0.231 e. The third-order valence-electron chi connectivity index (χ3n) is 4.33. The second-order valence-corrected chi connectivity index (χ2v) is 5.76. The molecule has 2 fully saturated rings. The highest BCUT2D eigenvalue weighted by atomic mass is 35.5. The maximum Gasteiger partial charge on any atom is 0.231 e. The number of nitrogens with zero attached hydrogens (tertiary/aromatic N) is 5. The molecular formula is C12H14ClN5. The van der Waals surface area contributed by atoms with Crippen molar-refractivity contribution in [1.29, 1.82) is 0 Å². The number of hydrogen-bond acceptors (Lipinski definition) is 4. The summed E-state index contributed by atoms with van der Waals surface area (Å²) in [7, 11) is 0. The molecule has 0 atom stereocenters. The van der Waals surface area contributed by atoms with Gasteiger partial charge >= 0.3 is 0 Å². The molecule has 0 aromatic carbocycles. The molecule has 6 heteroatoms. The van der Waals surface area contributed by atoms with Crippen LogP contribution in [0, 0.1) is 5.41 Å². The van der Waals surface area contributed by atoms with E-state index in [1.54, 1.807) is 6.20 Å². The molecule has 4 rings (SSSR count). The molecule has 0 bridgehead atoms. The Labute approximate surface area is 110 Å². The molecule has 0 radical (unpaired) electrons. The second kappa shape index (κ2) is 3.57. The molecule has 94 valence electrons. The maximum atomic E-state index is 6.01. The molecule has 1 aliphatic carbocycles. The Bertz CT molecular complexity index is 594. The van der Waals surface area contributed by atoms with Gasteiger partial charge in [-0.2, -0.15) is 0 Å². The molecule has 2 aliphatic rings. The topological polar surface area (TPSA) is 46.3 Å². The van der Waals surface area contributed by atoms with Gasteiger partial charge in [0, 0.05) is 25.5 Å². The SMILES string of the molecule is Clc1nccn2c(N3CCC4(CC3)CC4)nnc12. The molecule has 2 aromatic heterocycles. The molecule has 18 heavy (non-hydrogen) atoms. The molecular weight excluding hydrogens is 250 g/mol. The molecule has 1 aliphatic heterocycles. The summed E-state index contributed by atoms with van der Waals surface area (Å²) in [4.78, 5) is 6.33. The Hall–Kier alpha value is -1.36. The summed E-state index contributed by atoms with van der Waals surface area (Å²) in [6.07, 6.45) is 8.95. The van der Waals surface area contributed by atoms with Gasteiger partial charge in [0.25, 0.3) is 0 Å². The van der Waals surface area contributed by atoms with Crippen LogP contribution in [0.1, 0.15) is 25.7 Å². The number of hydrogen-bond donors (Lipinski definition) is 0. The summed E-state index contributed by atoms with van der Waals surface area (Å²) in [5.74, 6) is 0.893. The Morgan fingerprint density at radius 1 is 1.11 bits per heavy atom. The fraction of sp³-hybridized carbons (Fsp3) is 0.583. The average Bonchev–Trinajstić information content (AvgIpc) is 2.99. The van der Waals surface area contributed by atoms with Crippen molar-refractivity contribution in [3.8, 4) is 0 Å². The predicted octanol–water partition coefficient (Wildman–Crippen LogP) is 2.16. The number of fused-ring (bicyclic) bond motifs is 1. The van der Waals surface area contributed by atoms with Crippen molar-refractivity contribution in [1.82, 2.24) is 19.6 Å². The number of halogens is 1. The minimum atomic E-state index is 0.409. The molecule has 1 saturated heterocycles. The van der Waals surface area contributed by atoms with Crippen molar-refractivity contribution < 1.29 is 0 Å². The first-order chi connectivity index (χ1) is 8.77. The summed E-state index contributed by atoms with van der Waals surface area (Å²) in [5.41, 5.74) is 1.32. The minimum absolute atomic E-state index is 0.409. The largest absolute Gasteiger partial charge is 0.341 e. The lowest BCUT2D eigenvalue weighted by atomic mass is 9.94. The van der Waals surface area contributed by atoms with E-state index in [4.69, 9.17) is 11.6 Å². The molecule has 0 unspecified atom stereocenters. The molecule has 1 saturated carbocycles. The average molecular weight is 264 g/mol.